The Bertz CT molecular complexity index is 247. The van der Waals surface area contributed by atoms with Crippen LogP contribution in [0, 0.1) is 0 Å². The second-order valence-electron chi connectivity index (χ2n) is 3.22. The molecule has 0 amide bonds. The number of hydrogen-bond acceptors (Lipinski definition) is 2. The molecule has 2 nitrogen and oxygen atoms in total. The highest BCUT2D eigenvalue weighted by molar-refractivity contribution is 5.06. The van der Waals surface area contributed by atoms with Crippen LogP contribution in [0.25, 0.3) is 0 Å². The number of furan rings is 1. The van der Waals surface area contributed by atoms with Gasteiger partial charge < -0.3 is 9.52 Å². The maximum absolute atomic E-state index is 8.63. The van der Waals surface area contributed by atoms with Crippen molar-refractivity contribution in [2.45, 2.75) is 26.2 Å². The number of rotatable bonds is 5. The summed E-state index contributed by atoms with van der Waals surface area (Å²) in [5.74, 6) is 0. The zero-order valence-corrected chi connectivity index (χ0v) is 7.99. The van der Waals surface area contributed by atoms with Gasteiger partial charge in [0.1, 0.15) is 0 Å². The molecule has 0 aliphatic rings. The molecule has 0 aromatic carbocycles. The minimum absolute atomic E-state index is 0.150. The molecular formula is C11H16O2. The van der Waals surface area contributed by atoms with Crippen LogP contribution in [0.5, 0.6) is 0 Å². The smallest absolute Gasteiger partial charge is 0.0934 e. The van der Waals surface area contributed by atoms with Crippen molar-refractivity contribution in [2.75, 3.05) is 6.61 Å². The zero-order valence-electron chi connectivity index (χ0n) is 7.99. The maximum Gasteiger partial charge on any atom is 0.0934 e. The summed E-state index contributed by atoms with van der Waals surface area (Å²) in [6, 6.07) is 1.99. The van der Waals surface area contributed by atoms with E-state index in [1.807, 2.05) is 19.1 Å². The van der Waals surface area contributed by atoms with Crippen LogP contribution in [0.1, 0.15) is 25.3 Å². The minimum atomic E-state index is 0.150. The van der Waals surface area contributed by atoms with Gasteiger partial charge in [-0.25, -0.2) is 0 Å². The van der Waals surface area contributed by atoms with Crippen molar-refractivity contribution in [3.05, 3.63) is 35.8 Å². The SMILES string of the molecule is CC(=CCO)CCCc1ccoc1. The van der Waals surface area contributed by atoms with Crippen molar-refractivity contribution in [1.29, 1.82) is 0 Å². The van der Waals surface area contributed by atoms with E-state index in [-0.39, 0.29) is 6.61 Å². The van der Waals surface area contributed by atoms with E-state index in [2.05, 4.69) is 0 Å². The number of allylic oxidation sites excluding steroid dienone is 1. The van der Waals surface area contributed by atoms with Crippen molar-refractivity contribution >= 4 is 0 Å². The minimum Gasteiger partial charge on any atom is -0.472 e. The first kappa shape index (κ1) is 10.1. The third kappa shape index (κ3) is 3.95. The van der Waals surface area contributed by atoms with Gasteiger partial charge in [-0.05, 0) is 37.8 Å². The van der Waals surface area contributed by atoms with Crippen LogP contribution in [-0.2, 0) is 6.42 Å². The Balaban J connectivity index is 2.18. The summed E-state index contributed by atoms with van der Waals surface area (Å²) in [6.07, 6.45) is 8.55. The molecule has 0 radical (unpaired) electrons. The topological polar surface area (TPSA) is 33.4 Å². The van der Waals surface area contributed by atoms with Crippen LogP contribution in [-0.4, -0.2) is 11.7 Å². The van der Waals surface area contributed by atoms with E-state index < -0.39 is 0 Å². The average Bonchev–Trinajstić information content (AvgIpc) is 2.57. The fraction of sp³-hybridized carbons (Fsp3) is 0.455. The van der Waals surface area contributed by atoms with Crippen LogP contribution in [0.3, 0.4) is 0 Å². The summed E-state index contributed by atoms with van der Waals surface area (Å²) in [4.78, 5) is 0. The van der Waals surface area contributed by atoms with Crippen molar-refractivity contribution in [3.8, 4) is 0 Å². The predicted octanol–water partition coefficient (Wildman–Crippen LogP) is 2.54. The lowest BCUT2D eigenvalue weighted by atomic mass is 10.1. The molecule has 0 aliphatic carbocycles. The molecule has 0 saturated heterocycles. The van der Waals surface area contributed by atoms with Crippen molar-refractivity contribution in [1.82, 2.24) is 0 Å². The molecule has 0 saturated carbocycles. The van der Waals surface area contributed by atoms with Gasteiger partial charge in [-0.15, -0.1) is 0 Å². The lowest BCUT2D eigenvalue weighted by molar-refractivity contribution is 0.341. The average molecular weight is 180 g/mol. The number of hydrogen-bond donors (Lipinski definition) is 1. The molecule has 0 bridgehead atoms. The monoisotopic (exact) mass is 180 g/mol. The van der Waals surface area contributed by atoms with Gasteiger partial charge in [0.25, 0.3) is 0 Å². The molecule has 1 N–H and O–H groups in total. The van der Waals surface area contributed by atoms with Crippen LogP contribution in [0.2, 0.25) is 0 Å². The Morgan fingerprint density at radius 3 is 3.08 bits per heavy atom. The summed E-state index contributed by atoms with van der Waals surface area (Å²) in [6.45, 7) is 2.20. The van der Waals surface area contributed by atoms with Crippen LogP contribution < -0.4 is 0 Å². The van der Waals surface area contributed by atoms with Gasteiger partial charge in [0.2, 0.25) is 0 Å². The van der Waals surface area contributed by atoms with E-state index in [1.54, 1.807) is 12.5 Å². The Hall–Kier alpha value is -1.02. The van der Waals surface area contributed by atoms with E-state index >= 15 is 0 Å². The molecule has 1 rings (SSSR count). The standard InChI is InChI=1S/C11H16O2/c1-10(5-7-12)3-2-4-11-6-8-13-9-11/h5-6,8-9,12H,2-4,7H2,1H3. The molecule has 13 heavy (non-hydrogen) atoms. The molecule has 0 unspecified atom stereocenters. The van der Waals surface area contributed by atoms with Gasteiger partial charge in [0.15, 0.2) is 0 Å². The fourth-order valence-electron chi connectivity index (χ4n) is 1.26. The molecule has 2 heteroatoms. The molecular weight excluding hydrogens is 164 g/mol. The van der Waals surface area contributed by atoms with Crippen molar-refractivity contribution in [2.24, 2.45) is 0 Å². The van der Waals surface area contributed by atoms with Gasteiger partial charge >= 0.3 is 0 Å². The van der Waals surface area contributed by atoms with Gasteiger partial charge in [-0.1, -0.05) is 11.6 Å². The Morgan fingerprint density at radius 1 is 1.62 bits per heavy atom. The van der Waals surface area contributed by atoms with E-state index in [9.17, 15) is 0 Å². The van der Waals surface area contributed by atoms with Crippen LogP contribution in [0.15, 0.2) is 34.7 Å². The van der Waals surface area contributed by atoms with E-state index in [1.165, 1.54) is 11.1 Å². The van der Waals surface area contributed by atoms with Gasteiger partial charge in [0, 0.05) is 0 Å². The lowest BCUT2D eigenvalue weighted by Gasteiger charge is -1.98. The normalized spacial score (nSPS) is 12.0. The lowest BCUT2D eigenvalue weighted by Crippen LogP contribution is -1.85. The van der Waals surface area contributed by atoms with E-state index in [4.69, 9.17) is 9.52 Å². The second kappa shape index (κ2) is 5.60. The molecule has 0 spiro atoms. The first-order valence-corrected chi connectivity index (χ1v) is 4.60. The number of aliphatic hydroxyl groups is 1. The largest absolute Gasteiger partial charge is 0.472 e. The highest BCUT2D eigenvalue weighted by atomic mass is 16.3. The van der Waals surface area contributed by atoms with Crippen molar-refractivity contribution in [3.63, 3.8) is 0 Å². The van der Waals surface area contributed by atoms with Crippen LogP contribution >= 0.6 is 0 Å². The number of aliphatic hydroxyl groups excluding tert-OH is 1. The molecule has 72 valence electrons. The Labute approximate surface area is 78.9 Å². The molecule has 1 aromatic heterocycles. The van der Waals surface area contributed by atoms with E-state index in [0.717, 1.165) is 19.3 Å². The quantitative estimate of drug-likeness (QED) is 0.706. The summed E-state index contributed by atoms with van der Waals surface area (Å²) in [7, 11) is 0. The first-order valence-electron chi connectivity index (χ1n) is 4.60. The number of aryl methyl sites for hydroxylation is 1. The van der Waals surface area contributed by atoms with Gasteiger partial charge in [0.05, 0.1) is 19.1 Å². The first-order chi connectivity index (χ1) is 6.33. The third-order valence-corrected chi connectivity index (χ3v) is 2.06. The molecule has 1 heterocycles. The van der Waals surface area contributed by atoms with Crippen molar-refractivity contribution < 1.29 is 9.52 Å². The fourth-order valence-corrected chi connectivity index (χ4v) is 1.26. The maximum atomic E-state index is 8.63. The van der Waals surface area contributed by atoms with Gasteiger partial charge in [-0.3, -0.25) is 0 Å². The summed E-state index contributed by atoms with van der Waals surface area (Å²) in [5.41, 5.74) is 2.50. The second-order valence-corrected chi connectivity index (χ2v) is 3.22. The molecule has 0 fully saturated rings. The Kier molecular flexibility index (Phi) is 4.33. The summed E-state index contributed by atoms with van der Waals surface area (Å²) < 4.78 is 4.96. The molecule has 1 aromatic rings. The third-order valence-electron chi connectivity index (χ3n) is 2.06. The molecule has 0 atom stereocenters. The summed E-state index contributed by atoms with van der Waals surface area (Å²) >= 11 is 0. The zero-order chi connectivity index (χ0) is 9.52. The summed E-state index contributed by atoms with van der Waals surface area (Å²) in [5, 5.41) is 8.63. The van der Waals surface area contributed by atoms with E-state index in [0.29, 0.717) is 0 Å². The Morgan fingerprint density at radius 2 is 2.46 bits per heavy atom. The molecule has 0 aliphatic heterocycles. The van der Waals surface area contributed by atoms with Crippen LogP contribution in [0.4, 0.5) is 0 Å². The predicted molar refractivity (Wildman–Crippen MR) is 52.5 cm³/mol. The highest BCUT2D eigenvalue weighted by Gasteiger charge is 1.95. The highest BCUT2D eigenvalue weighted by Crippen LogP contribution is 2.09. The van der Waals surface area contributed by atoms with Gasteiger partial charge in [-0.2, -0.15) is 0 Å².